The van der Waals surface area contributed by atoms with E-state index >= 15 is 0 Å². The fraction of sp³-hybridized carbons (Fsp3) is 0.750. The third-order valence-corrected chi connectivity index (χ3v) is 1.77. The molecule has 1 amide bonds. The van der Waals surface area contributed by atoms with Crippen LogP contribution in [0.2, 0.25) is 0 Å². The smallest absolute Gasteiger partial charge is 0.240 e. The van der Waals surface area contributed by atoms with Crippen molar-refractivity contribution in [3.8, 4) is 0 Å². The number of sulfone groups is 1. The van der Waals surface area contributed by atoms with Crippen LogP contribution in [0.1, 0.15) is 6.92 Å². The van der Waals surface area contributed by atoms with Crippen molar-refractivity contribution < 1.29 is 18.4 Å². The van der Waals surface area contributed by atoms with Crippen LogP contribution < -0.4 is 5.48 Å². The third kappa shape index (κ3) is 7.38. The Kier molecular flexibility index (Phi) is 3.31. The van der Waals surface area contributed by atoms with E-state index in [1.807, 2.05) is 0 Å². The number of hydrogen-bond acceptors (Lipinski definition) is 4. The normalized spacial score (nSPS) is 18.2. The second-order valence-electron chi connectivity index (χ2n) is 1.82. The van der Waals surface area contributed by atoms with E-state index in [1.54, 1.807) is 0 Å². The molecule has 0 aliphatic carbocycles. The van der Waals surface area contributed by atoms with Gasteiger partial charge in [-0.3, -0.25) is 10.0 Å². The van der Waals surface area contributed by atoms with E-state index in [2.05, 4.69) is 0 Å². The Hall–Kier alpha value is -0.620. The lowest BCUT2D eigenvalue weighted by molar-refractivity contribution is -0.126. The van der Waals surface area contributed by atoms with E-state index in [1.165, 1.54) is 12.4 Å². The Morgan fingerprint density at radius 3 is 1.70 bits per heavy atom. The fourth-order valence-corrected chi connectivity index (χ4v) is 0.612. The standard InChI is InChI=1S/C2H5NO2.C2H4O2S/c1-2(4)3-5;3-5(4)1-2-5/h5H,1H3,(H,3,4);1-2H2. The molecule has 1 aliphatic rings. The predicted octanol–water partition coefficient (Wildman–Crippen LogP) is -1.07. The minimum atomic E-state index is -2.42. The number of rotatable bonds is 0. The highest BCUT2D eigenvalue weighted by Gasteiger charge is 2.25. The molecule has 2 N–H and O–H groups in total. The van der Waals surface area contributed by atoms with Crippen LogP contribution in [0.5, 0.6) is 0 Å². The van der Waals surface area contributed by atoms with Crippen molar-refractivity contribution in [1.29, 1.82) is 0 Å². The summed E-state index contributed by atoms with van der Waals surface area (Å²) in [4.78, 5) is 9.45. The fourth-order valence-electron chi connectivity index (χ4n) is 0.0680. The van der Waals surface area contributed by atoms with Crippen LogP contribution in [0.25, 0.3) is 0 Å². The van der Waals surface area contributed by atoms with Crippen molar-refractivity contribution in [1.82, 2.24) is 5.48 Å². The third-order valence-electron chi connectivity index (χ3n) is 0.695. The number of amides is 1. The summed E-state index contributed by atoms with van der Waals surface area (Å²) in [6.45, 7) is 1.22. The Morgan fingerprint density at radius 1 is 1.50 bits per heavy atom. The van der Waals surface area contributed by atoms with Crippen LogP contribution >= 0.6 is 0 Å². The van der Waals surface area contributed by atoms with Gasteiger partial charge < -0.3 is 0 Å². The van der Waals surface area contributed by atoms with Crippen molar-refractivity contribution in [2.75, 3.05) is 11.5 Å². The number of carbonyl (C=O) groups is 1. The molecular weight excluding hydrogens is 158 g/mol. The summed E-state index contributed by atoms with van der Waals surface area (Å²) in [6, 6.07) is 0. The molecule has 1 heterocycles. The van der Waals surface area contributed by atoms with Gasteiger partial charge in [0.15, 0.2) is 9.84 Å². The maximum atomic E-state index is 9.74. The second-order valence-corrected chi connectivity index (χ2v) is 4.12. The minimum Gasteiger partial charge on any atom is -0.289 e. The highest BCUT2D eigenvalue weighted by molar-refractivity contribution is 7.98. The van der Waals surface area contributed by atoms with Gasteiger partial charge in [-0.25, -0.2) is 13.9 Å². The van der Waals surface area contributed by atoms with E-state index < -0.39 is 15.7 Å². The van der Waals surface area contributed by atoms with Crippen LogP contribution in [0.15, 0.2) is 0 Å². The van der Waals surface area contributed by atoms with E-state index in [-0.39, 0.29) is 0 Å². The molecule has 1 aliphatic heterocycles. The summed E-state index contributed by atoms with van der Waals surface area (Å²) in [5.74, 6) is 0.407. The Morgan fingerprint density at radius 2 is 1.70 bits per heavy atom. The number of hydroxylamine groups is 1. The first-order chi connectivity index (χ1) is 4.48. The summed E-state index contributed by atoms with van der Waals surface area (Å²) in [7, 11) is -2.42. The summed E-state index contributed by atoms with van der Waals surface area (Å²) >= 11 is 0. The van der Waals surface area contributed by atoms with E-state index in [0.29, 0.717) is 11.5 Å². The zero-order chi connectivity index (χ0) is 8.20. The summed E-state index contributed by atoms with van der Waals surface area (Å²) in [5.41, 5.74) is 1.39. The topological polar surface area (TPSA) is 83.5 Å². The Labute approximate surface area is 58.9 Å². The molecule has 1 rings (SSSR count). The van der Waals surface area contributed by atoms with Gasteiger partial charge in [-0.1, -0.05) is 0 Å². The monoisotopic (exact) mass is 167 g/mol. The molecule has 1 fully saturated rings. The maximum absolute atomic E-state index is 9.74. The van der Waals surface area contributed by atoms with Gasteiger partial charge in [0.1, 0.15) is 0 Å². The molecular formula is C4H9NO4S. The molecule has 60 valence electrons. The molecule has 0 bridgehead atoms. The molecule has 0 spiro atoms. The lowest BCUT2D eigenvalue weighted by atomic mass is 10.8. The van der Waals surface area contributed by atoms with Gasteiger partial charge in [-0.2, -0.15) is 0 Å². The zero-order valence-corrected chi connectivity index (χ0v) is 6.31. The molecule has 0 unspecified atom stereocenters. The van der Waals surface area contributed by atoms with Gasteiger partial charge in [-0.15, -0.1) is 0 Å². The highest BCUT2D eigenvalue weighted by Crippen LogP contribution is 2.04. The summed E-state index contributed by atoms with van der Waals surface area (Å²) in [5, 5.41) is 7.54. The van der Waals surface area contributed by atoms with Crippen LogP contribution in [0.4, 0.5) is 0 Å². The molecule has 0 radical (unpaired) electrons. The highest BCUT2D eigenvalue weighted by atomic mass is 32.2. The lowest BCUT2D eigenvalue weighted by Gasteiger charge is -1.78. The molecule has 10 heavy (non-hydrogen) atoms. The quantitative estimate of drug-likeness (QED) is 0.273. The van der Waals surface area contributed by atoms with Gasteiger partial charge >= 0.3 is 0 Å². The first-order valence-electron chi connectivity index (χ1n) is 2.59. The van der Waals surface area contributed by atoms with Gasteiger partial charge in [-0.05, 0) is 0 Å². The molecule has 6 heteroatoms. The SMILES string of the molecule is CC(=O)NO.O=S1(=O)CC1. The Bertz CT molecular complexity index is 197. The van der Waals surface area contributed by atoms with Crippen LogP contribution in [0, 0.1) is 0 Å². The number of carbonyl (C=O) groups excluding carboxylic acids is 1. The first-order valence-corrected chi connectivity index (χ1v) is 4.41. The Balaban J connectivity index is 0.000000162. The molecule has 0 aromatic rings. The molecule has 1 saturated heterocycles. The van der Waals surface area contributed by atoms with Crippen molar-refractivity contribution in [3.05, 3.63) is 0 Å². The zero-order valence-electron chi connectivity index (χ0n) is 5.49. The van der Waals surface area contributed by atoms with Gasteiger partial charge in [0.2, 0.25) is 5.91 Å². The van der Waals surface area contributed by atoms with Crippen molar-refractivity contribution in [2.24, 2.45) is 0 Å². The predicted molar refractivity (Wildman–Crippen MR) is 34.3 cm³/mol. The van der Waals surface area contributed by atoms with Gasteiger partial charge in [0.05, 0.1) is 11.5 Å². The van der Waals surface area contributed by atoms with Crippen LogP contribution in [-0.2, 0) is 14.6 Å². The maximum Gasteiger partial charge on any atom is 0.240 e. The molecule has 0 saturated carbocycles. The first kappa shape index (κ1) is 9.38. The number of hydrogen-bond donors (Lipinski definition) is 2. The number of nitrogens with one attached hydrogen (secondary N) is 1. The van der Waals surface area contributed by atoms with Crippen molar-refractivity contribution in [3.63, 3.8) is 0 Å². The molecule has 0 atom stereocenters. The molecule has 0 aromatic heterocycles. The second kappa shape index (κ2) is 3.52. The summed E-state index contributed by atoms with van der Waals surface area (Å²) in [6.07, 6.45) is 0. The average molecular weight is 167 g/mol. The largest absolute Gasteiger partial charge is 0.289 e. The van der Waals surface area contributed by atoms with Crippen molar-refractivity contribution in [2.45, 2.75) is 6.92 Å². The van der Waals surface area contributed by atoms with Gasteiger partial charge in [0.25, 0.3) is 0 Å². The minimum absolute atomic E-state index is 0.424. The average Bonchev–Trinajstić information content (AvgIpc) is 2.48. The molecule has 0 aromatic carbocycles. The van der Waals surface area contributed by atoms with Gasteiger partial charge in [0, 0.05) is 6.92 Å². The van der Waals surface area contributed by atoms with E-state index in [4.69, 9.17) is 5.21 Å². The van der Waals surface area contributed by atoms with Crippen molar-refractivity contribution >= 4 is 15.7 Å². The van der Waals surface area contributed by atoms with Crippen LogP contribution in [0.3, 0.4) is 0 Å². The van der Waals surface area contributed by atoms with E-state index in [0.717, 1.165) is 0 Å². The molecule has 5 nitrogen and oxygen atoms in total. The lowest BCUT2D eigenvalue weighted by Crippen LogP contribution is -2.12. The summed E-state index contributed by atoms with van der Waals surface area (Å²) < 4.78 is 19.5. The van der Waals surface area contributed by atoms with Crippen LogP contribution in [-0.4, -0.2) is 31.0 Å². The van der Waals surface area contributed by atoms with E-state index in [9.17, 15) is 13.2 Å².